The predicted molar refractivity (Wildman–Crippen MR) is 77.2 cm³/mol. The maximum atomic E-state index is 10.0. The van der Waals surface area contributed by atoms with E-state index in [2.05, 4.69) is 5.10 Å². The first-order valence-corrected chi connectivity index (χ1v) is 6.26. The van der Waals surface area contributed by atoms with Gasteiger partial charge in [-0.25, -0.2) is 4.68 Å². The first-order valence-electron chi connectivity index (χ1n) is 6.26. The zero-order valence-corrected chi connectivity index (χ0v) is 11.0. The monoisotopic (exact) mass is 266 g/mol. The van der Waals surface area contributed by atoms with Crippen LogP contribution in [0.25, 0.3) is 16.9 Å². The lowest BCUT2D eigenvalue weighted by molar-refractivity contribution is 0.414. The van der Waals surface area contributed by atoms with Gasteiger partial charge in [0.15, 0.2) is 5.75 Å². The van der Waals surface area contributed by atoms with Crippen molar-refractivity contribution in [3.63, 3.8) is 0 Å². The molecule has 0 saturated carbocycles. The Balaban J connectivity index is 2.11. The molecule has 100 valence electrons. The zero-order valence-electron chi connectivity index (χ0n) is 11.0. The van der Waals surface area contributed by atoms with E-state index in [0.717, 1.165) is 17.0 Å². The predicted octanol–water partition coefficient (Wildman–Crippen LogP) is 3.25. The Morgan fingerprint density at radius 1 is 1.00 bits per heavy atom. The fraction of sp³-hybridized carbons (Fsp3) is 0.0625. The van der Waals surface area contributed by atoms with Crippen LogP contribution in [0.4, 0.5) is 0 Å². The molecule has 0 radical (unpaired) electrons. The number of ether oxygens (including phenoxy) is 1. The van der Waals surface area contributed by atoms with E-state index in [-0.39, 0.29) is 5.75 Å². The number of aromatic hydroxyl groups is 1. The molecule has 0 aliphatic carbocycles. The molecular weight excluding hydrogens is 252 g/mol. The Morgan fingerprint density at radius 2 is 1.70 bits per heavy atom. The van der Waals surface area contributed by atoms with Crippen molar-refractivity contribution in [2.75, 3.05) is 7.11 Å². The van der Waals surface area contributed by atoms with E-state index < -0.39 is 0 Å². The van der Waals surface area contributed by atoms with Gasteiger partial charge in [-0.1, -0.05) is 30.3 Å². The molecule has 2 aromatic carbocycles. The molecule has 3 aromatic rings. The minimum atomic E-state index is 0.159. The maximum Gasteiger partial charge on any atom is 0.162 e. The third-order valence-electron chi connectivity index (χ3n) is 3.11. The number of nitrogens with zero attached hydrogens (tertiary/aromatic N) is 2. The third kappa shape index (κ3) is 2.12. The van der Waals surface area contributed by atoms with Crippen LogP contribution in [0.3, 0.4) is 0 Å². The van der Waals surface area contributed by atoms with Gasteiger partial charge in [-0.05, 0) is 24.3 Å². The number of benzene rings is 2. The van der Waals surface area contributed by atoms with Crippen LogP contribution in [0.15, 0.2) is 60.8 Å². The van der Waals surface area contributed by atoms with Gasteiger partial charge in [0, 0.05) is 5.56 Å². The lowest BCUT2D eigenvalue weighted by Crippen LogP contribution is -1.98. The average molecular weight is 266 g/mol. The Hall–Kier alpha value is -2.75. The Kier molecular flexibility index (Phi) is 3.13. The van der Waals surface area contributed by atoms with Gasteiger partial charge in [0.25, 0.3) is 0 Å². The maximum absolute atomic E-state index is 10.0. The molecule has 4 heteroatoms. The Bertz CT molecular complexity index is 703. The molecule has 1 aromatic heterocycles. The average Bonchev–Trinajstić information content (AvgIpc) is 2.90. The molecular formula is C16H14N2O2. The van der Waals surface area contributed by atoms with Gasteiger partial charge in [-0.2, -0.15) is 5.10 Å². The van der Waals surface area contributed by atoms with Crippen LogP contribution in [0, 0.1) is 0 Å². The van der Waals surface area contributed by atoms with Crippen LogP contribution in [-0.4, -0.2) is 22.0 Å². The molecule has 0 bridgehead atoms. The van der Waals surface area contributed by atoms with E-state index in [9.17, 15) is 5.11 Å². The highest BCUT2D eigenvalue weighted by Gasteiger charge is 2.13. The summed E-state index contributed by atoms with van der Waals surface area (Å²) in [6.07, 6.45) is 1.45. The van der Waals surface area contributed by atoms with Crippen molar-refractivity contribution in [3.8, 4) is 28.4 Å². The molecule has 1 heterocycles. The van der Waals surface area contributed by atoms with E-state index in [1.165, 1.54) is 6.20 Å². The van der Waals surface area contributed by atoms with Crippen LogP contribution in [0.2, 0.25) is 0 Å². The van der Waals surface area contributed by atoms with Crippen LogP contribution in [0.1, 0.15) is 0 Å². The molecule has 0 spiro atoms. The third-order valence-corrected chi connectivity index (χ3v) is 3.11. The van der Waals surface area contributed by atoms with E-state index in [1.54, 1.807) is 11.8 Å². The van der Waals surface area contributed by atoms with Crippen molar-refractivity contribution >= 4 is 0 Å². The molecule has 0 atom stereocenters. The number of hydrogen-bond acceptors (Lipinski definition) is 3. The van der Waals surface area contributed by atoms with Gasteiger partial charge in [-0.15, -0.1) is 0 Å². The number of rotatable bonds is 3. The molecule has 0 aliphatic heterocycles. The highest BCUT2D eigenvalue weighted by atomic mass is 16.5. The number of hydrogen-bond donors (Lipinski definition) is 1. The fourth-order valence-electron chi connectivity index (χ4n) is 2.13. The van der Waals surface area contributed by atoms with Crippen LogP contribution >= 0.6 is 0 Å². The SMILES string of the molecule is COc1ccc(-n2ncc(O)c2-c2ccccc2)cc1. The smallest absolute Gasteiger partial charge is 0.162 e. The number of aromatic nitrogens is 2. The van der Waals surface area contributed by atoms with Crippen LogP contribution < -0.4 is 4.74 Å². The minimum absolute atomic E-state index is 0.159. The second-order valence-corrected chi connectivity index (χ2v) is 4.35. The normalized spacial score (nSPS) is 10.4. The van der Waals surface area contributed by atoms with E-state index in [0.29, 0.717) is 5.69 Å². The standard InChI is InChI=1S/C16H14N2O2/c1-20-14-9-7-13(8-10-14)18-16(15(19)11-17-18)12-5-3-2-4-6-12/h2-11,19H,1H3. The molecule has 0 saturated heterocycles. The summed E-state index contributed by atoms with van der Waals surface area (Å²) in [5, 5.41) is 14.3. The van der Waals surface area contributed by atoms with Crippen LogP contribution in [-0.2, 0) is 0 Å². The van der Waals surface area contributed by atoms with Crippen molar-refractivity contribution in [2.45, 2.75) is 0 Å². The van der Waals surface area contributed by atoms with Crippen molar-refractivity contribution in [1.82, 2.24) is 9.78 Å². The van der Waals surface area contributed by atoms with Crippen molar-refractivity contribution in [3.05, 3.63) is 60.8 Å². The highest BCUT2D eigenvalue weighted by molar-refractivity contribution is 5.68. The van der Waals surface area contributed by atoms with Crippen molar-refractivity contribution in [2.24, 2.45) is 0 Å². The van der Waals surface area contributed by atoms with E-state index in [1.807, 2.05) is 54.6 Å². The van der Waals surface area contributed by atoms with E-state index in [4.69, 9.17) is 4.74 Å². The first kappa shape index (κ1) is 12.3. The van der Waals surface area contributed by atoms with Gasteiger partial charge in [0.1, 0.15) is 11.4 Å². The quantitative estimate of drug-likeness (QED) is 0.791. The lowest BCUT2D eigenvalue weighted by atomic mass is 10.1. The second kappa shape index (κ2) is 5.09. The van der Waals surface area contributed by atoms with E-state index >= 15 is 0 Å². The summed E-state index contributed by atoms with van der Waals surface area (Å²) in [5.74, 6) is 0.943. The molecule has 0 amide bonds. The molecule has 3 rings (SSSR count). The van der Waals surface area contributed by atoms with Crippen molar-refractivity contribution in [1.29, 1.82) is 0 Å². The zero-order chi connectivity index (χ0) is 13.9. The van der Waals surface area contributed by atoms with Gasteiger partial charge >= 0.3 is 0 Å². The molecule has 0 aliphatic rings. The van der Waals surface area contributed by atoms with Gasteiger partial charge < -0.3 is 9.84 Å². The fourth-order valence-corrected chi connectivity index (χ4v) is 2.13. The largest absolute Gasteiger partial charge is 0.504 e. The molecule has 20 heavy (non-hydrogen) atoms. The molecule has 0 fully saturated rings. The molecule has 4 nitrogen and oxygen atoms in total. The van der Waals surface area contributed by atoms with Crippen LogP contribution in [0.5, 0.6) is 11.5 Å². The first-order chi connectivity index (χ1) is 9.79. The summed E-state index contributed by atoms with van der Waals surface area (Å²) in [5.41, 5.74) is 2.46. The summed E-state index contributed by atoms with van der Waals surface area (Å²) >= 11 is 0. The summed E-state index contributed by atoms with van der Waals surface area (Å²) in [6, 6.07) is 17.2. The summed E-state index contributed by atoms with van der Waals surface area (Å²) in [6.45, 7) is 0. The number of methoxy groups -OCH3 is 1. The molecule has 1 N–H and O–H groups in total. The summed E-state index contributed by atoms with van der Waals surface area (Å²) < 4.78 is 6.86. The lowest BCUT2D eigenvalue weighted by Gasteiger charge is -2.08. The van der Waals surface area contributed by atoms with Crippen molar-refractivity contribution < 1.29 is 9.84 Å². The molecule has 0 unspecified atom stereocenters. The highest BCUT2D eigenvalue weighted by Crippen LogP contribution is 2.31. The minimum Gasteiger partial charge on any atom is -0.504 e. The Labute approximate surface area is 116 Å². The van der Waals surface area contributed by atoms with Gasteiger partial charge in [0.2, 0.25) is 0 Å². The summed E-state index contributed by atoms with van der Waals surface area (Å²) in [4.78, 5) is 0. The summed E-state index contributed by atoms with van der Waals surface area (Å²) in [7, 11) is 1.63. The topological polar surface area (TPSA) is 47.3 Å². The van der Waals surface area contributed by atoms with Gasteiger partial charge in [-0.3, -0.25) is 0 Å². The second-order valence-electron chi connectivity index (χ2n) is 4.35. The Morgan fingerprint density at radius 3 is 2.35 bits per heavy atom. The van der Waals surface area contributed by atoms with Gasteiger partial charge in [0.05, 0.1) is 19.0 Å².